The zero-order valence-corrected chi connectivity index (χ0v) is 11.7. The Morgan fingerprint density at radius 1 is 1.40 bits per heavy atom. The first kappa shape index (κ1) is 16.6. The predicted octanol–water partition coefficient (Wildman–Crippen LogP) is 3.10. The molecule has 0 fully saturated rings. The van der Waals surface area contributed by atoms with E-state index < -0.39 is 36.3 Å². The van der Waals surface area contributed by atoms with Crippen molar-refractivity contribution in [3.63, 3.8) is 0 Å². The average molecular weight is 303 g/mol. The maximum Gasteiger partial charge on any atom is 0.101 e. The second-order valence-electron chi connectivity index (χ2n) is 3.89. The van der Waals surface area contributed by atoms with Gasteiger partial charge in [-0.2, -0.15) is 0 Å². The Bertz CT molecular complexity index is 492. The third kappa shape index (κ3) is 4.26. The molecule has 0 saturated carbocycles. The first-order chi connectivity index (χ1) is 9.67. The molecule has 110 valence electrons. The van der Waals surface area contributed by atoms with Crippen molar-refractivity contribution in [3.8, 4) is 0 Å². The maximum atomic E-state index is 12.8. The van der Waals surface area contributed by atoms with Gasteiger partial charge in [0.1, 0.15) is 13.3 Å². The zero-order valence-electron chi connectivity index (χ0n) is 10.9. The number of ether oxygens (including phenoxy) is 1. The summed E-state index contributed by atoms with van der Waals surface area (Å²) in [5.74, 6) is -0.0567. The first-order valence-electron chi connectivity index (χ1n) is 5.85. The molecular weight excluding hydrogens is 288 g/mol. The predicted molar refractivity (Wildman–Crippen MR) is 72.4 cm³/mol. The monoisotopic (exact) mass is 303 g/mol. The molecule has 0 heterocycles. The van der Waals surface area contributed by atoms with Crippen LogP contribution >= 0.6 is 0 Å². The number of alkyl halides is 2. The van der Waals surface area contributed by atoms with Crippen molar-refractivity contribution in [1.29, 1.82) is 0 Å². The Morgan fingerprint density at radius 2 is 2.05 bits per heavy atom. The number of rotatable bonds is 8. The first-order valence-corrected chi connectivity index (χ1v) is 7.17. The van der Waals surface area contributed by atoms with Crippen LogP contribution in [0.15, 0.2) is 34.3 Å². The summed E-state index contributed by atoms with van der Waals surface area (Å²) >= 11 is 0. The van der Waals surface area contributed by atoms with Gasteiger partial charge in [-0.25, -0.2) is 0 Å². The van der Waals surface area contributed by atoms with E-state index in [1.807, 2.05) is 0 Å². The zero-order chi connectivity index (χ0) is 15.0. The lowest BCUT2D eigenvalue weighted by atomic mass is 10.0. The average Bonchev–Trinajstić information content (AvgIpc) is 2.48. The summed E-state index contributed by atoms with van der Waals surface area (Å²) in [4.78, 5) is 3.07. The summed E-state index contributed by atoms with van der Waals surface area (Å²) in [5, 5.41) is 3.35. The molecule has 8 heteroatoms. The van der Waals surface area contributed by atoms with E-state index in [0.717, 1.165) is 0 Å². The fraction of sp³-hybridized carbons (Fsp3) is 0.500. The molecule has 0 amide bonds. The van der Waals surface area contributed by atoms with Gasteiger partial charge in [-0.05, 0) is 23.2 Å². The fourth-order valence-electron chi connectivity index (χ4n) is 1.75. The standard InChI is InChI=1S/C12H15F2N3O2S/c1-19-12(11(8-14)16-17-15)9-2-4-10(5-3-9)20(18)7-6-13/h2-5,11-12H,6-8H2,1H3/t11-,12-,20?/m1/s1. The molecule has 0 aliphatic rings. The molecule has 0 bridgehead atoms. The van der Waals surface area contributed by atoms with Gasteiger partial charge in [0.15, 0.2) is 0 Å². The minimum Gasteiger partial charge on any atom is -0.376 e. The van der Waals surface area contributed by atoms with Crippen molar-refractivity contribution >= 4 is 10.8 Å². The molecule has 5 nitrogen and oxygen atoms in total. The SMILES string of the molecule is CO[C@H](c1ccc(S(=O)CCF)cc1)[C@@H](CF)N=[N+]=[N-]. The maximum absolute atomic E-state index is 12.8. The molecule has 0 spiro atoms. The molecular formula is C12H15F2N3O2S. The Morgan fingerprint density at radius 3 is 2.50 bits per heavy atom. The van der Waals surface area contributed by atoms with E-state index in [-0.39, 0.29) is 5.75 Å². The lowest BCUT2D eigenvalue weighted by molar-refractivity contribution is 0.0721. The molecule has 1 rings (SSSR count). The molecule has 0 aliphatic carbocycles. The summed E-state index contributed by atoms with van der Waals surface area (Å²) in [6.45, 7) is -1.51. The van der Waals surface area contributed by atoms with Gasteiger partial charge in [0.05, 0.1) is 28.7 Å². The van der Waals surface area contributed by atoms with Crippen molar-refractivity contribution in [3.05, 3.63) is 40.3 Å². The van der Waals surface area contributed by atoms with Crippen molar-refractivity contribution < 1.29 is 17.7 Å². The van der Waals surface area contributed by atoms with E-state index in [9.17, 15) is 13.0 Å². The number of nitrogens with zero attached hydrogens (tertiary/aromatic N) is 3. The van der Waals surface area contributed by atoms with Crippen LogP contribution in [0.4, 0.5) is 8.78 Å². The number of azide groups is 1. The number of methoxy groups -OCH3 is 1. The van der Waals surface area contributed by atoms with E-state index in [2.05, 4.69) is 10.0 Å². The van der Waals surface area contributed by atoms with Crippen molar-refractivity contribution in [1.82, 2.24) is 0 Å². The third-order valence-corrected chi connectivity index (χ3v) is 4.02. The molecule has 0 radical (unpaired) electrons. The number of benzene rings is 1. The highest BCUT2D eigenvalue weighted by Crippen LogP contribution is 2.24. The topological polar surface area (TPSA) is 75.1 Å². The second-order valence-corrected chi connectivity index (χ2v) is 5.46. The lowest BCUT2D eigenvalue weighted by Crippen LogP contribution is -2.20. The minimum absolute atomic E-state index is 0.0567. The number of hydrogen-bond acceptors (Lipinski definition) is 3. The molecule has 1 aromatic carbocycles. The van der Waals surface area contributed by atoms with Crippen molar-refractivity contribution in [2.45, 2.75) is 17.0 Å². The van der Waals surface area contributed by atoms with Crippen LogP contribution in [-0.4, -0.2) is 36.5 Å². The molecule has 0 aliphatic heterocycles. The Hall–Kier alpha value is -1.50. The third-order valence-electron chi connectivity index (χ3n) is 2.70. The van der Waals surface area contributed by atoms with Gasteiger partial charge in [0.2, 0.25) is 0 Å². The van der Waals surface area contributed by atoms with Crippen LogP contribution < -0.4 is 0 Å². The van der Waals surface area contributed by atoms with Gasteiger partial charge in [-0.3, -0.25) is 13.0 Å². The van der Waals surface area contributed by atoms with Gasteiger partial charge in [0.25, 0.3) is 0 Å². The van der Waals surface area contributed by atoms with Crippen LogP contribution in [0.3, 0.4) is 0 Å². The normalized spacial score (nSPS) is 15.2. The molecule has 1 aromatic rings. The van der Waals surface area contributed by atoms with Gasteiger partial charge in [-0.1, -0.05) is 17.2 Å². The summed E-state index contributed by atoms with van der Waals surface area (Å²) in [5.41, 5.74) is 9.00. The Balaban J connectivity index is 2.94. The van der Waals surface area contributed by atoms with Crippen LogP contribution in [0.5, 0.6) is 0 Å². The van der Waals surface area contributed by atoms with E-state index in [1.165, 1.54) is 7.11 Å². The highest BCUT2D eigenvalue weighted by Gasteiger charge is 2.22. The molecule has 0 N–H and O–H groups in total. The van der Waals surface area contributed by atoms with Crippen LogP contribution in [0.1, 0.15) is 11.7 Å². The van der Waals surface area contributed by atoms with Crippen LogP contribution in [0.25, 0.3) is 10.4 Å². The van der Waals surface area contributed by atoms with Gasteiger partial charge in [0, 0.05) is 16.9 Å². The second kappa shape index (κ2) is 8.63. The summed E-state index contributed by atoms with van der Waals surface area (Å²) in [6.07, 6.45) is -0.723. The van der Waals surface area contributed by atoms with Gasteiger partial charge >= 0.3 is 0 Å². The van der Waals surface area contributed by atoms with Crippen molar-refractivity contribution in [2.75, 3.05) is 26.2 Å². The fourth-order valence-corrected chi connectivity index (χ4v) is 2.57. The van der Waals surface area contributed by atoms with Crippen LogP contribution in [-0.2, 0) is 15.5 Å². The summed E-state index contributed by atoms with van der Waals surface area (Å²) in [6, 6.07) is 5.38. The van der Waals surface area contributed by atoms with E-state index in [1.54, 1.807) is 24.3 Å². The number of hydrogen-bond donors (Lipinski definition) is 0. The Kier molecular flexibility index (Phi) is 7.14. The molecule has 0 aromatic heterocycles. The van der Waals surface area contributed by atoms with E-state index in [0.29, 0.717) is 10.5 Å². The largest absolute Gasteiger partial charge is 0.376 e. The van der Waals surface area contributed by atoms with Crippen LogP contribution in [0.2, 0.25) is 0 Å². The quantitative estimate of drug-likeness (QED) is 0.420. The minimum atomic E-state index is -1.39. The van der Waals surface area contributed by atoms with E-state index >= 15 is 0 Å². The molecule has 1 unspecified atom stereocenters. The van der Waals surface area contributed by atoms with Gasteiger partial charge < -0.3 is 4.74 Å². The molecule has 0 saturated heterocycles. The smallest absolute Gasteiger partial charge is 0.101 e. The van der Waals surface area contributed by atoms with Crippen molar-refractivity contribution in [2.24, 2.45) is 5.11 Å². The van der Waals surface area contributed by atoms with Gasteiger partial charge in [-0.15, -0.1) is 0 Å². The molecule has 20 heavy (non-hydrogen) atoms. The van der Waals surface area contributed by atoms with E-state index in [4.69, 9.17) is 10.3 Å². The van der Waals surface area contributed by atoms with Crippen LogP contribution in [0, 0.1) is 0 Å². The number of halogens is 2. The summed E-state index contributed by atoms with van der Waals surface area (Å²) in [7, 11) is -0.0103. The highest BCUT2D eigenvalue weighted by atomic mass is 32.2. The highest BCUT2D eigenvalue weighted by molar-refractivity contribution is 7.85. The molecule has 3 atom stereocenters. The summed E-state index contributed by atoms with van der Waals surface area (Å²) < 4.78 is 41.7. The Labute approximate surface area is 118 Å². The lowest BCUT2D eigenvalue weighted by Gasteiger charge is -2.20.